The number of hydrogen-bond donors (Lipinski definition) is 2. The van der Waals surface area contributed by atoms with E-state index < -0.39 is 11.7 Å². The predicted molar refractivity (Wildman–Crippen MR) is 96.8 cm³/mol. The summed E-state index contributed by atoms with van der Waals surface area (Å²) in [5, 5.41) is 2.95. The lowest BCUT2D eigenvalue weighted by atomic mass is 10.0. The van der Waals surface area contributed by atoms with E-state index in [9.17, 15) is 13.2 Å². The number of nitrogens with one attached hydrogen (secondary N) is 1. The molecule has 140 valence electrons. The van der Waals surface area contributed by atoms with Crippen LogP contribution >= 0.6 is 11.6 Å². The summed E-state index contributed by atoms with van der Waals surface area (Å²) in [5.74, 6) is 1.33. The largest absolute Gasteiger partial charge is 0.416 e. The minimum absolute atomic E-state index is 0.0878. The van der Waals surface area contributed by atoms with Gasteiger partial charge in [-0.3, -0.25) is 0 Å². The number of anilines is 4. The van der Waals surface area contributed by atoms with Gasteiger partial charge < -0.3 is 16.0 Å². The van der Waals surface area contributed by atoms with E-state index in [4.69, 9.17) is 17.3 Å². The summed E-state index contributed by atoms with van der Waals surface area (Å²) in [7, 11) is 0. The lowest BCUT2D eigenvalue weighted by molar-refractivity contribution is -0.137. The minimum Gasteiger partial charge on any atom is -0.393 e. The van der Waals surface area contributed by atoms with Crippen molar-refractivity contribution in [1.29, 1.82) is 0 Å². The Hall–Kier alpha value is -2.22. The first kappa shape index (κ1) is 18.6. The molecule has 1 aromatic heterocycles. The molecule has 3 N–H and O–H groups in total. The molecule has 0 aliphatic carbocycles. The first-order valence-electron chi connectivity index (χ1n) is 8.25. The summed E-state index contributed by atoms with van der Waals surface area (Å²) in [5.41, 5.74) is 5.76. The molecule has 2 aromatic rings. The number of halogens is 4. The van der Waals surface area contributed by atoms with Gasteiger partial charge in [0.1, 0.15) is 12.0 Å². The van der Waals surface area contributed by atoms with Crippen LogP contribution in [0.2, 0.25) is 5.02 Å². The van der Waals surface area contributed by atoms with Crippen LogP contribution in [0.25, 0.3) is 0 Å². The number of benzene rings is 1. The van der Waals surface area contributed by atoms with E-state index in [0.29, 0.717) is 11.7 Å². The van der Waals surface area contributed by atoms with Crippen molar-refractivity contribution >= 4 is 34.6 Å². The monoisotopic (exact) mass is 385 g/mol. The quantitative estimate of drug-likeness (QED) is 0.800. The van der Waals surface area contributed by atoms with Crippen LogP contribution in [-0.4, -0.2) is 23.1 Å². The molecule has 0 amide bonds. The standard InChI is InChI=1S/C17H19ClF3N5/c1-10-3-2-6-26(8-10)16-14(22)15(23-9-24-16)25-13-7-11(17(19,20)21)4-5-12(13)18/h4-5,7,9-10H,2-3,6,8,22H2,1H3,(H,23,24,25). The van der Waals surface area contributed by atoms with Crippen molar-refractivity contribution in [2.45, 2.75) is 25.9 Å². The fourth-order valence-electron chi connectivity index (χ4n) is 3.04. The molecule has 1 aliphatic heterocycles. The Morgan fingerprint density at radius 3 is 2.77 bits per heavy atom. The Labute approximate surface area is 154 Å². The fraction of sp³-hybridized carbons (Fsp3) is 0.412. The lowest BCUT2D eigenvalue weighted by Gasteiger charge is -2.32. The number of alkyl halides is 3. The number of nitrogens with zero attached hydrogens (tertiary/aromatic N) is 3. The van der Waals surface area contributed by atoms with Crippen molar-refractivity contribution in [3.63, 3.8) is 0 Å². The second kappa shape index (κ2) is 7.19. The SMILES string of the molecule is CC1CCCN(c2ncnc(Nc3cc(C(F)(F)F)ccc3Cl)c2N)C1. The van der Waals surface area contributed by atoms with Crippen LogP contribution in [0.5, 0.6) is 0 Å². The molecular formula is C17H19ClF3N5. The normalized spacial score (nSPS) is 18.0. The van der Waals surface area contributed by atoms with Crippen molar-refractivity contribution in [3.8, 4) is 0 Å². The van der Waals surface area contributed by atoms with Crippen LogP contribution in [0.1, 0.15) is 25.3 Å². The van der Waals surface area contributed by atoms with E-state index in [2.05, 4.69) is 27.1 Å². The van der Waals surface area contributed by atoms with Crippen molar-refractivity contribution < 1.29 is 13.2 Å². The van der Waals surface area contributed by atoms with E-state index in [-0.39, 0.29) is 22.2 Å². The Morgan fingerprint density at radius 1 is 1.31 bits per heavy atom. The second-order valence-electron chi connectivity index (χ2n) is 6.47. The van der Waals surface area contributed by atoms with E-state index in [1.165, 1.54) is 12.4 Å². The number of piperidine rings is 1. The molecule has 1 aliphatic rings. The van der Waals surface area contributed by atoms with Crippen molar-refractivity contribution in [3.05, 3.63) is 35.1 Å². The van der Waals surface area contributed by atoms with Gasteiger partial charge in [-0.15, -0.1) is 0 Å². The summed E-state index contributed by atoms with van der Waals surface area (Å²) in [6.07, 6.45) is -0.943. The van der Waals surface area contributed by atoms with E-state index in [0.717, 1.165) is 38.1 Å². The summed E-state index contributed by atoms with van der Waals surface area (Å²) < 4.78 is 38.8. The fourth-order valence-corrected chi connectivity index (χ4v) is 3.21. The molecule has 2 heterocycles. The van der Waals surface area contributed by atoms with Gasteiger partial charge in [-0.25, -0.2) is 9.97 Å². The zero-order valence-electron chi connectivity index (χ0n) is 14.1. The molecule has 9 heteroatoms. The Bertz CT molecular complexity index is 796. The van der Waals surface area contributed by atoms with Gasteiger partial charge in [-0.2, -0.15) is 13.2 Å². The Morgan fingerprint density at radius 2 is 2.08 bits per heavy atom. The highest BCUT2D eigenvalue weighted by atomic mass is 35.5. The molecular weight excluding hydrogens is 367 g/mol. The molecule has 3 rings (SSSR count). The van der Waals surface area contributed by atoms with E-state index >= 15 is 0 Å². The third-order valence-electron chi connectivity index (χ3n) is 4.37. The maximum absolute atomic E-state index is 12.9. The lowest BCUT2D eigenvalue weighted by Crippen LogP contribution is -2.35. The van der Waals surface area contributed by atoms with Gasteiger partial charge in [0, 0.05) is 13.1 Å². The average Bonchev–Trinajstić information content (AvgIpc) is 2.57. The van der Waals surface area contributed by atoms with Gasteiger partial charge in [0.05, 0.1) is 16.3 Å². The van der Waals surface area contributed by atoms with E-state index in [1.807, 2.05) is 0 Å². The molecule has 5 nitrogen and oxygen atoms in total. The number of aromatic nitrogens is 2. The molecule has 1 aromatic carbocycles. The van der Waals surface area contributed by atoms with Crippen LogP contribution in [0.15, 0.2) is 24.5 Å². The highest BCUT2D eigenvalue weighted by Gasteiger charge is 2.31. The van der Waals surface area contributed by atoms with Crippen LogP contribution in [0.4, 0.5) is 36.2 Å². The molecule has 0 bridgehead atoms. The minimum atomic E-state index is -4.46. The third kappa shape index (κ3) is 3.95. The van der Waals surface area contributed by atoms with Gasteiger partial charge in [-0.1, -0.05) is 18.5 Å². The highest BCUT2D eigenvalue weighted by molar-refractivity contribution is 6.33. The molecule has 0 radical (unpaired) electrons. The van der Waals surface area contributed by atoms with Gasteiger partial charge in [0.2, 0.25) is 0 Å². The molecule has 1 fully saturated rings. The number of hydrogen-bond acceptors (Lipinski definition) is 5. The van der Waals surface area contributed by atoms with Crippen LogP contribution in [0.3, 0.4) is 0 Å². The van der Waals surface area contributed by atoms with Crippen LogP contribution in [-0.2, 0) is 6.18 Å². The number of rotatable bonds is 3. The zero-order valence-corrected chi connectivity index (χ0v) is 14.9. The molecule has 26 heavy (non-hydrogen) atoms. The zero-order chi connectivity index (χ0) is 18.9. The molecule has 0 saturated carbocycles. The summed E-state index contributed by atoms with van der Waals surface area (Å²) in [4.78, 5) is 10.4. The van der Waals surface area contributed by atoms with Gasteiger partial charge in [0.15, 0.2) is 11.6 Å². The van der Waals surface area contributed by atoms with Gasteiger partial charge >= 0.3 is 6.18 Å². The van der Waals surface area contributed by atoms with Crippen molar-refractivity contribution in [1.82, 2.24) is 9.97 Å². The Balaban J connectivity index is 1.90. The Kier molecular flexibility index (Phi) is 5.13. The number of nitrogens with two attached hydrogens (primary N) is 1. The van der Waals surface area contributed by atoms with Crippen molar-refractivity contribution in [2.75, 3.05) is 29.0 Å². The first-order valence-corrected chi connectivity index (χ1v) is 8.62. The molecule has 1 saturated heterocycles. The van der Waals surface area contributed by atoms with Crippen LogP contribution in [0, 0.1) is 5.92 Å². The van der Waals surface area contributed by atoms with E-state index in [1.54, 1.807) is 0 Å². The summed E-state index contributed by atoms with van der Waals surface area (Å²) >= 11 is 6.03. The first-order chi connectivity index (χ1) is 12.3. The predicted octanol–water partition coefficient (Wildman–Crippen LogP) is 4.71. The molecule has 1 atom stereocenters. The molecule has 1 unspecified atom stereocenters. The summed E-state index contributed by atoms with van der Waals surface area (Å²) in [6, 6.07) is 3.06. The van der Waals surface area contributed by atoms with Crippen LogP contribution < -0.4 is 16.0 Å². The average molecular weight is 386 g/mol. The maximum atomic E-state index is 12.9. The topological polar surface area (TPSA) is 67.1 Å². The summed E-state index contributed by atoms with van der Waals surface area (Å²) in [6.45, 7) is 3.81. The smallest absolute Gasteiger partial charge is 0.393 e. The third-order valence-corrected chi connectivity index (χ3v) is 4.70. The highest BCUT2D eigenvalue weighted by Crippen LogP contribution is 2.37. The molecule has 0 spiro atoms. The number of nitrogen functional groups attached to an aromatic ring is 1. The second-order valence-corrected chi connectivity index (χ2v) is 6.88. The van der Waals surface area contributed by atoms with Gasteiger partial charge in [-0.05, 0) is 37.0 Å². The van der Waals surface area contributed by atoms with Gasteiger partial charge in [0.25, 0.3) is 0 Å². The maximum Gasteiger partial charge on any atom is 0.416 e. The van der Waals surface area contributed by atoms with Crippen molar-refractivity contribution in [2.24, 2.45) is 5.92 Å².